The van der Waals surface area contributed by atoms with Gasteiger partial charge in [0, 0.05) is 17.1 Å². The van der Waals surface area contributed by atoms with Crippen molar-refractivity contribution in [2.24, 2.45) is 0 Å². The van der Waals surface area contributed by atoms with Crippen LogP contribution in [-0.4, -0.2) is 37.2 Å². The topological polar surface area (TPSA) is 89.5 Å². The number of hydrogen-bond donors (Lipinski definition) is 0. The maximum atomic E-state index is 13.2. The molecule has 0 aliphatic carbocycles. The van der Waals surface area contributed by atoms with Crippen LogP contribution < -0.4 is 9.64 Å². The van der Waals surface area contributed by atoms with Crippen molar-refractivity contribution in [3.05, 3.63) is 77.0 Å². The summed E-state index contributed by atoms with van der Waals surface area (Å²) in [6, 6.07) is 17.5. The lowest BCUT2D eigenvalue weighted by molar-refractivity contribution is -0.118. The van der Waals surface area contributed by atoms with Crippen LogP contribution in [0.5, 0.6) is 5.75 Å². The first kappa shape index (κ1) is 24.3. The third-order valence-electron chi connectivity index (χ3n) is 5.14. The molecular formula is C24H22BrN3O4S2. The maximum absolute atomic E-state index is 13.2. The van der Waals surface area contributed by atoms with Crippen molar-refractivity contribution < 1.29 is 17.9 Å². The lowest BCUT2D eigenvalue weighted by Gasteiger charge is -2.19. The number of rotatable bonds is 9. The summed E-state index contributed by atoms with van der Waals surface area (Å²) in [5.41, 5.74) is 1.52. The first-order valence-electron chi connectivity index (χ1n) is 10.5. The molecule has 0 N–H and O–H groups in total. The number of amides is 1. The minimum absolute atomic E-state index is 0.0713. The third-order valence-corrected chi connectivity index (χ3v) is 8.49. The van der Waals surface area contributed by atoms with Crippen molar-refractivity contribution in [3.8, 4) is 5.75 Å². The Hall–Kier alpha value is -2.82. The molecule has 0 aliphatic heterocycles. The summed E-state index contributed by atoms with van der Waals surface area (Å²) in [5.74, 6) is 0.255. The molecule has 34 heavy (non-hydrogen) atoms. The monoisotopic (exact) mass is 559 g/mol. The third kappa shape index (κ3) is 5.81. The fraction of sp³-hybridized carbons (Fsp3) is 0.208. The van der Waals surface area contributed by atoms with Gasteiger partial charge in [-0.05, 0) is 61.0 Å². The van der Waals surface area contributed by atoms with Gasteiger partial charge >= 0.3 is 0 Å². The van der Waals surface area contributed by atoms with Crippen LogP contribution in [0.1, 0.15) is 18.5 Å². The Kier molecular flexibility index (Phi) is 7.60. The number of benzene rings is 2. The predicted octanol–water partition coefficient (Wildman–Crippen LogP) is 5.25. The van der Waals surface area contributed by atoms with Gasteiger partial charge in [-0.1, -0.05) is 33.3 Å². The van der Waals surface area contributed by atoms with Gasteiger partial charge in [-0.25, -0.2) is 13.4 Å². The quantitative estimate of drug-likeness (QED) is 0.278. The summed E-state index contributed by atoms with van der Waals surface area (Å²) in [5, 5.41) is 0.557. The fourth-order valence-corrected chi connectivity index (χ4v) is 6.21. The van der Waals surface area contributed by atoms with E-state index in [4.69, 9.17) is 4.74 Å². The van der Waals surface area contributed by atoms with Crippen LogP contribution in [0.25, 0.3) is 10.2 Å². The molecule has 0 fully saturated rings. The number of carbonyl (C=O) groups excluding carboxylic acids is 1. The molecule has 0 spiro atoms. The molecule has 4 rings (SSSR count). The minimum atomic E-state index is -3.51. The number of halogens is 1. The Balaban J connectivity index is 1.50. The van der Waals surface area contributed by atoms with Crippen molar-refractivity contribution in [1.82, 2.24) is 9.97 Å². The van der Waals surface area contributed by atoms with E-state index in [2.05, 4.69) is 25.9 Å². The molecule has 0 radical (unpaired) electrons. The van der Waals surface area contributed by atoms with Crippen LogP contribution in [0.15, 0.2) is 76.2 Å². The van der Waals surface area contributed by atoms with Crippen molar-refractivity contribution in [2.75, 3.05) is 17.8 Å². The van der Waals surface area contributed by atoms with Crippen LogP contribution in [0.3, 0.4) is 0 Å². The Morgan fingerprint density at radius 3 is 2.62 bits per heavy atom. The molecule has 2 aromatic heterocycles. The molecule has 176 valence electrons. The molecule has 2 aromatic carbocycles. The van der Waals surface area contributed by atoms with E-state index in [9.17, 15) is 13.2 Å². The molecule has 0 atom stereocenters. The highest BCUT2D eigenvalue weighted by Gasteiger charge is 2.22. The van der Waals surface area contributed by atoms with E-state index < -0.39 is 9.84 Å². The van der Waals surface area contributed by atoms with Gasteiger partial charge in [0.15, 0.2) is 15.0 Å². The molecule has 10 heteroatoms. The van der Waals surface area contributed by atoms with Gasteiger partial charge in [-0.2, -0.15) is 0 Å². The number of nitrogens with zero attached hydrogens (tertiary/aromatic N) is 3. The van der Waals surface area contributed by atoms with E-state index >= 15 is 0 Å². The molecule has 2 heterocycles. The van der Waals surface area contributed by atoms with E-state index in [0.717, 1.165) is 20.4 Å². The van der Waals surface area contributed by atoms with Gasteiger partial charge in [-0.15, -0.1) is 0 Å². The first-order valence-corrected chi connectivity index (χ1v) is 13.7. The number of ether oxygens (including phenoxy) is 1. The summed E-state index contributed by atoms with van der Waals surface area (Å²) in [7, 11) is -1.99. The summed E-state index contributed by atoms with van der Waals surface area (Å²) in [6.07, 6.45) is 1.94. The van der Waals surface area contributed by atoms with Gasteiger partial charge in [0.1, 0.15) is 5.75 Å². The highest BCUT2D eigenvalue weighted by Crippen LogP contribution is 2.32. The number of aromatic nitrogens is 2. The second kappa shape index (κ2) is 10.6. The lowest BCUT2D eigenvalue weighted by atomic mass is 10.2. The number of sulfone groups is 1. The summed E-state index contributed by atoms with van der Waals surface area (Å²) >= 11 is 4.88. The molecule has 7 nitrogen and oxygen atoms in total. The van der Waals surface area contributed by atoms with Crippen molar-refractivity contribution >= 4 is 58.4 Å². The Morgan fingerprint density at radius 1 is 1.12 bits per heavy atom. The van der Waals surface area contributed by atoms with Crippen molar-refractivity contribution in [3.63, 3.8) is 0 Å². The predicted molar refractivity (Wildman–Crippen MR) is 137 cm³/mol. The van der Waals surface area contributed by atoms with E-state index in [1.807, 2.05) is 36.4 Å². The number of anilines is 1. The normalized spacial score (nSPS) is 11.5. The van der Waals surface area contributed by atoms with E-state index in [-0.39, 0.29) is 35.9 Å². The SMILES string of the molecule is COc1ccc(S(=O)(=O)CCCC(=O)N(Cc2ccccn2)c2nc3ccc(Br)cc3s2)cc1. The number of methoxy groups -OCH3 is 1. The fourth-order valence-electron chi connectivity index (χ4n) is 3.37. The Morgan fingerprint density at radius 2 is 1.91 bits per heavy atom. The standard InChI is InChI=1S/C24H22BrN3O4S2/c1-32-19-8-10-20(11-9-19)34(30,31)14-4-6-23(29)28(16-18-5-2-3-13-26-18)24-27-21-12-7-17(25)15-22(21)33-24/h2-3,5,7-13,15H,4,6,14,16H2,1H3. The van der Waals surface area contributed by atoms with Crippen LogP contribution in [0.2, 0.25) is 0 Å². The van der Waals surface area contributed by atoms with Gasteiger partial charge in [-0.3, -0.25) is 14.7 Å². The largest absolute Gasteiger partial charge is 0.497 e. The molecule has 1 amide bonds. The van der Waals surface area contributed by atoms with Crippen LogP contribution in [0.4, 0.5) is 5.13 Å². The number of carbonyl (C=O) groups is 1. The summed E-state index contributed by atoms with van der Waals surface area (Å²) in [6.45, 7) is 0.256. The lowest BCUT2D eigenvalue weighted by Crippen LogP contribution is -2.30. The van der Waals surface area contributed by atoms with E-state index in [0.29, 0.717) is 10.9 Å². The van der Waals surface area contributed by atoms with E-state index in [1.54, 1.807) is 23.2 Å². The zero-order valence-corrected chi connectivity index (χ0v) is 21.6. The molecular weight excluding hydrogens is 538 g/mol. The van der Waals surface area contributed by atoms with Crippen LogP contribution >= 0.6 is 27.3 Å². The van der Waals surface area contributed by atoms with Gasteiger partial charge in [0.25, 0.3) is 0 Å². The van der Waals surface area contributed by atoms with Crippen molar-refractivity contribution in [2.45, 2.75) is 24.3 Å². The van der Waals surface area contributed by atoms with Gasteiger partial charge in [0.2, 0.25) is 5.91 Å². The van der Waals surface area contributed by atoms with Crippen molar-refractivity contribution in [1.29, 1.82) is 0 Å². The first-order chi connectivity index (χ1) is 16.4. The van der Waals surface area contributed by atoms with Crippen LogP contribution in [-0.2, 0) is 21.2 Å². The molecule has 0 aliphatic rings. The average Bonchev–Trinajstić information content (AvgIpc) is 3.25. The number of pyridine rings is 1. The molecule has 0 saturated carbocycles. The minimum Gasteiger partial charge on any atom is -0.497 e. The Bertz CT molecular complexity index is 1390. The second-order valence-corrected chi connectivity index (χ2v) is 11.5. The highest BCUT2D eigenvalue weighted by atomic mass is 79.9. The van der Waals surface area contributed by atoms with Gasteiger partial charge < -0.3 is 4.74 Å². The number of hydrogen-bond acceptors (Lipinski definition) is 7. The Labute approximate surface area is 210 Å². The number of thiazole rings is 1. The molecule has 4 aromatic rings. The van der Waals surface area contributed by atoms with Gasteiger partial charge in [0.05, 0.1) is 40.2 Å². The smallest absolute Gasteiger partial charge is 0.229 e. The van der Waals surface area contributed by atoms with E-state index in [1.165, 1.54) is 30.6 Å². The second-order valence-electron chi connectivity index (χ2n) is 7.51. The zero-order chi connectivity index (χ0) is 24.1. The summed E-state index contributed by atoms with van der Waals surface area (Å²) in [4.78, 5) is 24.0. The molecule has 0 bridgehead atoms. The summed E-state index contributed by atoms with van der Waals surface area (Å²) < 4.78 is 32.4. The maximum Gasteiger partial charge on any atom is 0.229 e. The average molecular weight is 560 g/mol. The zero-order valence-electron chi connectivity index (χ0n) is 18.3. The number of fused-ring (bicyclic) bond motifs is 1. The highest BCUT2D eigenvalue weighted by molar-refractivity contribution is 9.10. The molecule has 0 unspecified atom stereocenters. The van der Waals surface area contributed by atoms with Crippen LogP contribution in [0, 0.1) is 0 Å². The molecule has 0 saturated heterocycles.